The third kappa shape index (κ3) is 5.27. The summed E-state index contributed by atoms with van der Waals surface area (Å²) in [7, 11) is -6.18. The second kappa shape index (κ2) is 9.66. The number of piperidine rings is 1. The van der Waals surface area contributed by atoms with Gasteiger partial charge in [0.1, 0.15) is 4.90 Å². The Kier molecular flexibility index (Phi) is 7.53. The van der Waals surface area contributed by atoms with Crippen molar-refractivity contribution in [2.24, 2.45) is 5.92 Å². The molecule has 8 nitrogen and oxygen atoms in total. The Morgan fingerprint density at radius 1 is 1.03 bits per heavy atom. The van der Waals surface area contributed by atoms with E-state index in [0.717, 1.165) is 0 Å². The van der Waals surface area contributed by atoms with Crippen LogP contribution in [0.3, 0.4) is 0 Å². The van der Waals surface area contributed by atoms with Crippen molar-refractivity contribution < 1.29 is 21.6 Å². The van der Waals surface area contributed by atoms with Gasteiger partial charge in [-0.05, 0) is 62.7 Å². The standard InChI is InChI=1S/C20H23Cl2N3O5S2/c1-13-3-5-16(31(27,28)23-2)12-18(13)24-20(26)14-7-9-25(10-8-14)32(29,30)19-11-15(21)4-6-17(19)22/h3-6,11-12,14,23H,7-10H2,1-2H3,(H,24,26). The number of anilines is 1. The molecule has 174 valence electrons. The van der Waals surface area contributed by atoms with Gasteiger partial charge < -0.3 is 5.32 Å². The Hall–Kier alpha value is -1.69. The number of sulfonamides is 2. The minimum atomic E-state index is -3.84. The highest BCUT2D eigenvalue weighted by atomic mass is 35.5. The Balaban J connectivity index is 1.70. The summed E-state index contributed by atoms with van der Waals surface area (Å²) < 4.78 is 53.5. The average Bonchev–Trinajstić information content (AvgIpc) is 2.76. The van der Waals surface area contributed by atoms with Crippen molar-refractivity contribution in [2.75, 3.05) is 25.5 Å². The quantitative estimate of drug-likeness (QED) is 0.608. The molecule has 1 saturated heterocycles. The summed E-state index contributed by atoms with van der Waals surface area (Å²) in [6.45, 7) is 2.06. The van der Waals surface area contributed by atoms with Crippen LogP contribution in [0.1, 0.15) is 18.4 Å². The summed E-state index contributed by atoms with van der Waals surface area (Å²) in [6, 6.07) is 8.73. The highest BCUT2D eigenvalue weighted by Crippen LogP contribution is 2.31. The smallest absolute Gasteiger partial charge is 0.244 e. The third-order valence-corrected chi connectivity index (χ3v) is 9.41. The fourth-order valence-electron chi connectivity index (χ4n) is 3.43. The number of aryl methyl sites for hydroxylation is 1. The summed E-state index contributed by atoms with van der Waals surface area (Å²) in [6.07, 6.45) is 0.633. The van der Waals surface area contributed by atoms with Gasteiger partial charge in [-0.25, -0.2) is 21.6 Å². The maximum absolute atomic E-state index is 13.0. The van der Waals surface area contributed by atoms with Gasteiger partial charge in [0, 0.05) is 29.7 Å². The van der Waals surface area contributed by atoms with Crippen molar-refractivity contribution in [1.82, 2.24) is 9.03 Å². The molecule has 0 radical (unpaired) electrons. The molecule has 2 aromatic rings. The van der Waals surface area contributed by atoms with Gasteiger partial charge in [0.25, 0.3) is 0 Å². The molecule has 1 heterocycles. The first-order valence-electron chi connectivity index (χ1n) is 9.76. The number of benzene rings is 2. The van der Waals surface area contributed by atoms with Gasteiger partial charge in [-0.3, -0.25) is 4.79 Å². The largest absolute Gasteiger partial charge is 0.326 e. The van der Waals surface area contributed by atoms with Gasteiger partial charge in [-0.2, -0.15) is 4.31 Å². The molecule has 1 aliphatic rings. The fraction of sp³-hybridized carbons (Fsp3) is 0.350. The van der Waals surface area contributed by atoms with E-state index in [-0.39, 0.29) is 38.8 Å². The second-order valence-electron chi connectivity index (χ2n) is 7.43. The zero-order chi connectivity index (χ0) is 23.7. The van der Waals surface area contributed by atoms with Crippen molar-refractivity contribution in [3.05, 3.63) is 52.0 Å². The number of carbonyl (C=O) groups excluding carboxylic acids is 1. The minimum absolute atomic E-state index is 0.0419. The lowest BCUT2D eigenvalue weighted by Gasteiger charge is -2.31. The zero-order valence-corrected chi connectivity index (χ0v) is 20.6. The molecule has 2 N–H and O–H groups in total. The molecule has 1 amide bonds. The van der Waals surface area contributed by atoms with E-state index >= 15 is 0 Å². The lowest BCUT2D eigenvalue weighted by Crippen LogP contribution is -2.41. The molecule has 0 spiro atoms. The van der Waals surface area contributed by atoms with Crippen molar-refractivity contribution in [2.45, 2.75) is 29.6 Å². The molecule has 0 aromatic heterocycles. The Morgan fingerprint density at radius 2 is 1.69 bits per heavy atom. The van der Waals surface area contributed by atoms with Crippen LogP contribution < -0.4 is 10.0 Å². The molecule has 1 fully saturated rings. The first kappa shape index (κ1) is 24.9. The zero-order valence-electron chi connectivity index (χ0n) is 17.4. The van der Waals surface area contributed by atoms with Crippen LogP contribution in [0.4, 0.5) is 5.69 Å². The maximum Gasteiger partial charge on any atom is 0.244 e. The molecule has 0 aliphatic carbocycles. The van der Waals surface area contributed by atoms with E-state index in [2.05, 4.69) is 10.0 Å². The van der Waals surface area contributed by atoms with E-state index in [0.29, 0.717) is 24.1 Å². The average molecular weight is 520 g/mol. The van der Waals surface area contributed by atoms with Crippen molar-refractivity contribution in [3.63, 3.8) is 0 Å². The fourth-order valence-corrected chi connectivity index (χ4v) is 6.39. The normalized spacial score (nSPS) is 16.1. The maximum atomic E-state index is 13.0. The molecule has 0 atom stereocenters. The van der Waals surface area contributed by atoms with E-state index in [1.54, 1.807) is 13.0 Å². The molecule has 0 bridgehead atoms. The number of nitrogens with one attached hydrogen (secondary N) is 2. The molecule has 0 saturated carbocycles. The lowest BCUT2D eigenvalue weighted by molar-refractivity contribution is -0.120. The molecule has 1 aliphatic heterocycles. The van der Waals surface area contributed by atoms with Crippen molar-refractivity contribution >= 4 is 54.8 Å². The predicted octanol–water partition coefficient (Wildman–Crippen LogP) is 3.25. The molecular weight excluding hydrogens is 497 g/mol. The van der Waals surface area contributed by atoms with Crippen LogP contribution in [0.15, 0.2) is 46.2 Å². The molecule has 2 aromatic carbocycles. The summed E-state index contributed by atoms with van der Waals surface area (Å²) in [5, 5.41) is 3.13. The van der Waals surface area contributed by atoms with Crippen LogP contribution in [0, 0.1) is 12.8 Å². The van der Waals surface area contributed by atoms with Crippen LogP contribution in [0.25, 0.3) is 0 Å². The summed E-state index contributed by atoms with van der Waals surface area (Å²) >= 11 is 12.0. The summed E-state index contributed by atoms with van der Waals surface area (Å²) in [5.74, 6) is -0.704. The molecule has 0 unspecified atom stereocenters. The molecule has 12 heteroatoms. The van der Waals surface area contributed by atoms with Gasteiger partial charge in [-0.15, -0.1) is 0 Å². The monoisotopic (exact) mass is 519 g/mol. The topological polar surface area (TPSA) is 113 Å². The summed E-state index contributed by atoms with van der Waals surface area (Å²) in [5.41, 5.74) is 1.11. The highest BCUT2D eigenvalue weighted by molar-refractivity contribution is 7.89. The van der Waals surface area contributed by atoms with E-state index in [1.165, 1.54) is 41.7 Å². The predicted molar refractivity (Wildman–Crippen MR) is 124 cm³/mol. The van der Waals surface area contributed by atoms with E-state index in [9.17, 15) is 21.6 Å². The highest BCUT2D eigenvalue weighted by Gasteiger charge is 2.33. The number of nitrogens with zero attached hydrogens (tertiary/aromatic N) is 1. The Morgan fingerprint density at radius 3 is 2.31 bits per heavy atom. The van der Waals surface area contributed by atoms with Crippen LogP contribution in [0.5, 0.6) is 0 Å². The first-order chi connectivity index (χ1) is 15.0. The lowest BCUT2D eigenvalue weighted by atomic mass is 9.97. The van der Waals surface area contributed by atoms with Crippen molar-refractivity contribution in [1.29, 1.82) is 0 Å². The van der Waals surface area contributed by atoms with Gasteiger partial charge in [0.15, 0.2) is 0 Å². The second-order valence-corrected chi connectivity index (χ2v) is 12.1. The van der Waals surface area contributed by atoms with Gasteiger partial charge in [-0.1, -0.05) is 29.3 Å². The number of amides is 1. The van der Waals surface area contributed by atoms with Crippen molar-refractivity contribution in [3.8, 4) is 0 Å². The van der Waals surface area contributed by atoms with Crippen LogP contribution >= 0.6 is 23.2 Å². The number of hydrogen-bond donors (Lipinski definition) is 2. The third-order valence-electron chi connectivity index (χ3n) is 5.38. The number of hydrogen-bond acceptors (Lipinski definition) is 5. The SMILES string of the molecule is CNS(=O)(=O)c1ccc(C)c(NC(=O)C2CCN(S(=O)(=O)c3cc(Cl)ccc3Cl)CC2)c1. The van der Waals surface area contributed by atoms with E-state index < -0.39 is 26.0 Å². The van der Waals surface area contributed by atoms with Crippen LogP contribution in [-0.4, -0.2) is 47.2 Å². The van der Waals surface area contributed by atoms with E-state index in [4.69, 9.17) is 23.2 Å². The first-order valence-corrected chi connectivity index (χ1v) is 13.4. The number of halogens is 2. The van der Waals surface area contributed by atoms with Crippen LogP contribution in [0.2, 0.25) is 10.0 Å². The summed E-state index contributed by atoms with van der Waals surface area (Å²) in [4.78, 5) is 12.8. The van der Waals surface area contributed by atoms with Crippen LogP contribution in [-0.2, 0) is 24.8 Å². The van der Waals surface area contributed by atoms with E-state index in [1.807, 2.05) is 0 Å². The Bertz CT molecular complexity index is 1240. The van der Waals surface area contributed by atoms with Gasteiger partial charge >= 0.3 is 0 Å². The minimum Gasteiger partial charge on any atom is -0.326 e. The van der Waals surface area contributed by atoms with Gasteiger partial charge in [0.05, 0.1) is 9.92 Å². The van der Waals surface area contributed by atoms with Gasteiger partial charge in [0.2, 0.25) is 26.0 Å². The number of rotatable bonds is 6. The number of carbonyl (C=O) groups is 1. The Labute approximate surface area is 198 Å². The molecular formula is C20H23Cl2N3O5S2. The molecule has 32 heavy (non-hydrogen) atoms. The molecule has 3 rings (SSSR count).